The van der Waals surface area contributed by atoms with E-state index in [1.807, 2.05) is 37.3 Å². The molecule has 120 valence electrons. The summed E-state index contributed by atoms with van der Waals surface area (Å²) in [6.45, 7) is 3.51. The van der Waals surface area contributed by atoms with Crippen LogP contribution in [0.3, 0.4) is 0 Å². The molecule has 1 fully saturated rings. The van der Waals surface area contributed by atoms with Crippen molar-refractivity contribution in [1.82, 2.24) is 4.90 Å². The second-order valence-corrected chi connectivity index (χ2v) is 6.32. The Bertz CT molecular complexity index is 654. The summed E-state index contributed by atoms with van der Waals surface area (Å²) >= 11 is 0. The molecule has 23 heavy (non-hydrogen) atoms. The first-order valence-electron chi connectivity index (χ1n) is 8.36. The molecule has 1 aliphatic rings. The SMILES string of the molecule is Cc1ccccc1NC(=O)CN1CCCC1Cc1ccccc1. The highest BCUT2D eigenvalue weighted by Crippen LogP contribution is 2.21. The number of nitrogens with zero attached hydrogens (tertiary/aromatic N) is 1. The topological polar surface area (TPSA) is 32.3 Å². The first-order chi connectivity index (χ1) is 11.2. The first kappa shape index (κ1) is 15.8. The van der Waals surface area contributed by atoms with E-state index in [-0.39, 0.29) is 5.91 Å². The van der Waals surface area contributed by atoms with Gasteiger partial charge in [-0.05, 0) is 49.9 Å². The Balaban J connectivity index is 1.58. The number of benzene rings is 2. The Labute approximate surface area is 138 Å². The molecule has 0 aromatic heterocycles. The second kappa shape index (κ2) is 7.42. The van der Waals surface area contributed by atoms with E-state index in [0.717, 1.165) is 24.2 Å². The Morgan fingerprint density at radius 1 is 1.13 bits per heavy atom. The normalized spacial score (nSPS) is 18.0. The fourth-order valence-electron chi connectivity index (χ4n) is 3.31. The smallest absolute Gasteiger partial charge is 0.238 e. The number of aryl methyl sites for hydroxylation is 1. The summed E-state index contributed by atoms with van der Waals surface area (Å²) in [7, 11) is 0. The van der Waals surface area contributed by atoms with E-state index in [2.05, 4.69) is 34.5 Å². The van der Waals surface area contributed by atoms with Gasteiger partial charge in [-0.3, -0.25) is 9.69 Å². The quantitative estimate of drug-likeness (QED) is 0.914. The molecule has 1 saturated heterocycles. The van der Waals surface area contributed by atoms with Gasteiger partial charge in [-0.25, -0.2) is 0 Å². The van der Waals surface area contributed by atoms with Crippen LogP contribution in [-0.2, 0) is 11.2 Å². The van der Waals surface area contributed by atoms with Crippen LogP contribution in [0.15, 0.2) is 54.6 Å². The summed E-state index contributed by atoms with van der Waals surface area (Å²) in [6, 6.07) is 18.9. The summed E-state index contributed by atoms with van der Waals surface area (Å²) < 4.78 is 0. The monoisotopic (exact) mass is 308 g/mol. The lowest BCUT2D eigenvalue weighted by atomic mass is 10.0. The number of rotatable bonds is 5. The second-order valence-electron chi connectivity index (χ2n) is 6.32. The fraction of sp³-hybridized carbons (Fsp3) is 0.350. The molecule has 0 aliphatic carbocycles. The van der Waals surface area contributed by atoms with Gasteiger partial charge < -0.3 is 5.32 Å². The molecular weight excluding hydrogens is 284 g/mol. The third kappa shape index (κ3) is 4.20. The Kier molecular flexibility index (Phi) is 5.09. The lowest BCUT2D eigenvalue weighted by Gasteiger charge is -2.24. The Morgan fingerprint density at radius 2 is 1.87 bits per heavy atom. The number of carbonyl (C=O) groups is 1. The highest BCUT2D eigenvalue weighted by Gasteiger charge is 2.26. The summed E-state index contributed by atoms with van der Waals surface area (Å²) in [6.07, 6.45) is 3.38. The number of hydrogen-bond donors (Lipinski definition) is 1. The van der Waals surface area contributed by atoms with Gasteiger partial charge in [0.2, 0.25) is 5.91 Å². The number of anilines is 1. The van der Waals surface area contributed by atoms with Gasteiger partial charge in [0, 0.05) is 11.7 Å². The van der Waals surface area contributed by atoms with Crippen molar-refractivity contribution < 1.29 is 4.79 Å². The van der Waals surface area contributed by atoms with Crippen molar-refractivity contribution in [2.24, 2.45) is 0 Å². The first-order valence-corrected chi connectivity index (χ1v) is 8.36. The van der Waals surface area contributed by atoms with Crippen LogP contribution in [0.2, 0.25) is 0 Å². The molecule has 3 heteroatoms. The van der Waals surface area contributed by atoms with Crippen molar-refractivity contribution in [3.8, 4) is 0 Å². The Hall–Kier alpha value is -2.13. The lowest BCUT2D eigenvalue weighted by Crippen LogP contribution is -2.37. The van der Waals surface area contributed by atoms with E-state index >= 15 is 0 Å². The molecule has 1 atom stereocenters. The van der Waals surface area contributed by atoms with Crippen molar-refractivity contribution in [3.63, 3.8) is 0 Å². The molecular formula is C20H24N2O. The number of hydrogen-bond acceptors (Lipinski definition) is 2. The molecule has 1 N–H and O–H groups in total. The summed E-state index contributed by atoms with van der Waals surface area (Å²) in [4.78, 5) is 14.7. The van der Waals surface area contributed by atoms with Gasteiger partial charge in [0.25, 0.3) is 0 Å². The predicted molar refractivity (Wildman–Crippen MR) is 94.5 cm³/mol. The average molecular weight is 308 g/mol. The van der Waals surface area contributed by atoms with Crippen LogP contribution >= 0.6 is 0 Å². The number of amides is 1. The number of likely N-dealkylation sites (tertiary alicyclic amines) is 1. The molecule has 2 aromatic carbocycles. The van der Waals surface area contributed by atoms with E-state index in [0.29, 0.717) is 12.6 Å². The molecule has 1 heterocycles. The minimum absolute atomic E-state index is 0.0826. The maximum absolute atomic E-state index is 12.4. The summed E-state index contributed by atoms with van der Waals surface area (Å²) in [5.41, 5.74) is 3.36. The number of para-hydroxylation sites is 1. The van der Waals surface area contributed by atoms with Gasteiger partial charge in [-0.1, -0.05) is 48.5 Å². The molecule has 1 unspecified atom stereocenters. The lowest BCUT2D eigenvalue weighted by molar-refractivity contribution is -0.117. The van der Waals surface area contributed by atoms with Crippen LogP contribution in [0.25, 0.3) is 0 Å². The minimum Gasteiger partial charge on any atom is -0.325 e. The van der Waals surface area contributed by atoms with Crippen LogP contribution in [0.4, 0.5) is 5.69 Å². The van der Waals surface area contributed by atoms with Crippen molar-refractivity contribution in [3.05, 3.63) is 65.7 Å². The molecule has 3 nitrogen and oxygen atoms in total. The molecule has 0 spiro atoms. The van der Waals surface area contributed by atoms with E-state index in [9.17, 15) is 4.79 Å². The summed E-state index contributed by atoms with van der Waals surface area (Å²) in [5, 5.41) is 3.04. The van der Waals surface area contributed by atoms with Crippen LogP contribution in [0.1, 0.15) is 24.0 Å². The van der Waals surface area contributed by atoms with E-state index in [4.69, 9.17) is 0 Å². The molecule has 0 radical (unpaired) electrons. The van der Waals surface area contributed by atoms with Gasteiger partial charge in [-0.15, -0.1) is 0 Å². The van der Waals surface area contributed by atoms with Crippen LogP contribution in [0, 0.1) is 6.92 Å². The van der Waals surface area contributed by atoms with E-state index < -0.39 is 0 Å². The minimum atomic E-state index is 0.0826. The highest BCUT2D eigenvalue weighted by atomic mass is 16.2. The predicted octanol–water partition coefficient (Wildman–Crippen LogP) is 3.64. The van der Waals surface area contributed by atoms with Gasteiger partial charge in [-0.2, -0.15) is 0 Å². The van der Waals surface area contributed by atoms with Crippen LogP contribution in [-0.4, -0.2) is 29.9 Å². The maximum Gasteiger partial charge on any atom is 0.238 e. The molecule has 3 rings (SSSR count). The third-order valence-corrected chi connectivity index (χ3v) is 4.58. The summed E-state index contributed by atoms with van der Waals surface area (Å²) in [5.74, 6) is 0.0826. The van der Waals surface area contributed by atoms with Gasteiger partial charge >= 0.3 is 0 Å². The van der Waals surface area contributed by atoms with Crippen molar-refractivity contribution in [2.75, 3.05) is 18.4 Å². The average Bonchev–Trinajstić information content (AvgIpc) is 2.97. The van der Waals surface area contributed by atoms with Gasteiger partial charge in [0.1, 0.15) is 0 Å². The van der Waals surface area contributed by atoms with Gasteiger partial charge in [0.05, 0.1) is 6.54 Å². The number of nitrogens with one attached hydrogen (secondary N) is 1. The van der Waals surface area contributed by atoms with Crippen molar-refractivity contribution >= 4 is 11.6 Å². The zero-order valence-corrected chi connectivity index (χ0v) is 13.7. The van der Waals surface area contributed by atoms with Gasteiger partial charge in [0.15, 0.2) is 0 Å². The van der Waals surface area contributed by atoms with Crippen LogP contribution < -0.4 is 5.32 Å². The fourth-order valence-corrected chi connectivity index (χ4v) is 3.31. The molecule has 0 saturated carbocycles. The largest absolute Gasteiger partial charge is 0.325 e. The zero-order chi connectivity index (χ0) is 16.1. The molecule has 1 aliphatic heterocycles. The van der Waals surface area contributed by atoms with E-state index in [1.165, 1.54) is 18.4 Å². The zero-order valence-electron chi connectivity index (χ0n) is 13.7. The van der Waals surface area contributed by atoms with E-state index in [1.54, 1.807) is 0 Å². The standard InChI is InChI=1S/C20H24N2O/c1-16-8-5-6-12-19(16)21-20(23)15-22-13-7-11-18(22)14-17-9-3-2-4-10-17/h2-6,8-10,12,18H,7,11,13-15H2,1H3,(H,21,23). The third-order valence-electron chi connectivity index (χ3n) is 4.58. The highest BCUT2D eigenvalue weighted by molar-refractivity contribution is 5.92. The number of carbonyl (C=O) groups excluding carboxylic acids is 1. The molecule has 1 amide bonds. The molecule has 2 aromatic rings. The van der Waals surface area contributed by atoms with Crippen molar-refractivity contribution in [2.45, 2.75) is 32.2 Å². The Morgan fingerprint density at radius 3 is 2.65 bits per heavy atom. The van der Waals surface area contributed by atoms with Crippen molar-refractivity contribution in [1.29, 1.82) is 0 Å². The maximum atomic E-state index is 12.4. The molecule has 0 bridgehead atoms. The van der Waals surface area contributed by atoms with Crippen LogP contribution in [0.5, 0.6) is 0 Å².